The normalized spacial score (nSPS) is 9.60. The van der Waals surface area contributed by atoms with E-state index in [4.69, 9.17) is 11.6 Å². The molecular formula is C11H8BrClF2. The summed E-state index contributed by atoms with van der Waals surface area (Å²) in [5.74, 6) is 0. The van der Waals surface area contributed by atoms with Crippen molar-refractivity contribution < 1.29 is 8.78 Å². The molecule has 1 aromatic carbocycles. The number of benzene rings is 1. The lowest BCUT2D eigenvalue weighted by Crippen LogP contribution is -1.84. The summed E-state index contributed by atoms with van der Waals surface area (Å²) >= 11 is 9.12. The first-order valence-electron chi connectivity index (χ1n) is 4.29. The quantitative estimate of drug-likeness (QED) is 0.690. The molecule has 0 aliphatic rings. The fourth-order valence-corrected chi connectivity index (χ4v) is 1.98. The molecule has 0 amide bonds. The number of hydrogen-bond donors (Lipinski definition) is 0. The van der Waals surface area contributed by atoms with Crippen LogP contribution in [0.1, 0.15) is 12.0 Å². The molecule has 0 nitrogen and oxygen atoms in total. The van der Waals surface area contributed by atoms with Crippen molar-refractivity contribution in [3.63, 3.8) is 0 Å². The van der Waals surface area contributed by atoms with E-state index in [1.807, 2.05) is 11.8 Å². The number of halogens is 4. The van der Waals surface area contributed by atoms with E-state index < -0.39 is 6.08 Å². The lowest BCUT2D eigenvalue weighted by molar-refractivity contribution is 0.423. The number of hydrogen-bond acceptors (Lipinski definition) is 0. The van der Waals surface area contributed by atoms with E-state index in [-0.39, 0.29) is 0 Å². The third-order valence-electron chi connectivity index (χ3n) is 1.78. The SMILES string of the molecule is FC(F)=C=CCCc1ccc(Cl)cc1Br. The van der Waals surface area contributed by atoms with Gasteiger partial charge in [-0.1, -0.05) is 39.3 Å². The first kappa shape index (κ1) is 12.4. The third kappa shape index (κ3) is 4.61. The van der Waals surface area contributed by atoms with Gasteiger partial charge in [-0.3, -0.25) is 0 Å². The average molecular weight is 294 g/mol. The third-order valence-corrected chi connectivity index (χ3v) is 2.76. The molecule has 0 aliphatic carbocycles. The zero-order chi connectivity index (χ0) is 11.3. The Bertz CT molecular complexity index is 405. The van der Waals surface area contributed by atoms with Gasteiger partial charge in [0, 0.05) is 9.50 Å². The summed E-state index contributed by atoms with van der Waals surface area (Å²) in [5, 5.41) is 0.649. The maximum atomic E-state index is 11.6. The van der Waals surface area contributed by atoms with Gasteiger partial charge < -0.3 is 0 Å². The first-order chi connectivity index (χ1) is 7.09. The molecule has 4 heteroatoms. The zero-order valence-electron chi connectivity index (χ0n) is 7.74. The second-order valence-electron chi connectivity index (χ2n) is 2.88. The van der Waals surface area contributed by atoms with Crippen molar-refractivity contribution in [3.8, 4) is 0 Å². The minimum atomic E-state index is -1.79. The number of aryl methyl sites for hydroxylation is 1. The molecule has 0 fully saturated rings. The molecule has 0 radical (unpaired) electrons. The summed E-state index contributed by atoms with van der Waals surface area (Å²) < 4.78 is 24.2. The monoisotopic (exact) mass is 292 g/mol. The maximum absolute atomic E-state index is 11.6. The van der Waals surface area contributed by atoms with E-state index in [0.29, 0.717) is 17.9 Å². The molecule has 0 bridgehead atoms. The fraction of sp³-hybridized carbons (Fsp3) is 0.182. The van der Waals surface area contributed by atoms with Crippen LogP contribution in [0.2, 0.25) is 5.02 Å². The summed E-state index contributed by atoms with van der Waals surface area (Å²) in [6, 6.07) is 5.43. The molecule has 1 rings (SSSR count). The van der Waals surface area contributed by atoms with Crippen molar-refractivity contribution in [1.29, 1.82) is 0 Å². The van der Waals surface area contributed by atoms with Gasteiger partial charge in [-0.05, 0) is 36.6 Å². The van der Waals surface area contributed by atoms with Gasteiger partial charge in [0.05, 0.1) is 0 Å². The first-order valence-corrected chi connectivity index (χ1v) is 5.47. The predicted molar refractivity (Wildman–Crippen MR) is 61.3 cm³/mol. The van der Waals surface area contributed by atoms with E-state index in [1.165, 1.54) is 6.08 Å². The largest absolute Gasteiger partial charge is 0.312 e. The van der Waals surface area contributed by atoms with E-state index in [0.717, 1.165) is 10.0 Å². The minimum absolute atomic E-state index is 0.525. The summed E-state index contributed by atoms with van der Waals surface area (Å²) in [6.45, 7) is 0. The van der Waals surface area contributed by atoms with Gasteiger partial charge in [-0.15, -0.1) is 0 Å². The Labute approximate surface area is 100 Å². The standard InChI is InChI=1S/C11H8BrClF2/c12-10-7-9(13)6-5-8(10)3-1-2-4-11(14)15/h2,5-7H,1,3H2. The van der Waals surface area contributed by atoms with Crippen LogP contribution in [0.3, 0.4) is 0 Å². The van der Waals surface area contributed by atoms with Gasteiger partial charge in [-0.25, -0.2) is 0 Å². The van der Waals surface area contributed by atoms with E-state index in [1.54, 1.807) is 12.1 Å². The highest BCUT2D eigenvalue weighted by atomic mass is 79.9. The summed E-state index contributed by atoms with van der Waals surface area (Å²) in [4.78, 5) is 0. The van der Waals surface area contributed by atoms with Crippen LogP contribution in [0.25, 0.3) is 0 Å². The smallest absolute Gasteiger partial charge is 0.164 e. The molecule has 0 aromatic heterocycles. The highest BCUT2D eigenvalue weighted by Gasteiger charge is 1.99. The topological polar surface area (TPSA) is 0 Å². The van der Waals surface area contributed by atoms with Crippen LogP contribution >= 0.6 is 27.5 Å². The maximum Gasteiger partial charge on any atom is 0.312 e. The molecule has 0 atom stereocenters. The Kier molecular flexibility index (Phi) is 5.03. The average Bonchev–Trinajstić information content (AvgIpc) is 2.14. The van der Waals surface area contributed by atoms with Gasteiger partial charge in [0.2, 0.25) is 0 Å². The van der Waals surface area contributed by atoms with E-state index in [2.05, 4.69) is 15.9 Å². The van der Waals surface area contributed by atoms with Gasteiger partial charge in [-0.2, -0.15) is 8.78 Å². The molecule has 0 saturated carbocycles. The van der Waals surface area contributed by atoms with E-state index >= 15 is 0 Å². The number of rotatable bonds is 3. The van der Waals surface area contributed by atoms with Crippen molar-refractivity contribution in [2.45, 2.75) is 12.8 Å². The molecule has 0 saturated heterocycles. The van der Waals surface area contributed by atoms with Crippen molar-refractivity contribution >= 4 is 27.5 Å². The van der Waals surface area contributed by atoms with Crippen LogP contribution < -0.4 is 0 Å². The molecule has 0 N–H and O–H groups in total. The van der Waals surface area contributed by atoms with Crippen molar-refractivity contribution in [1.82, 2.24) is 0 Å². The molecule has 1 aromatic rings. The molecule has 0 spiro atoms. The molecule has 0 heterocycles. The molecule has 15 heavy (non-hydrogen) atoms. The Balaban J connectivity index is 2.62. The highest BCUT2D eigenvalue weighted by Crippen LogP contribution is 2.22. The summed E-state index contributed by atoms with van der Waals surface area (Å²) in [6.07, 6.45) is 0.747. The lowest BCUT2D eigenvalue weighted by Gasteiger charge is -2.01. The van der Waals surface area contributed by atoms with Crippen molar-refractivity contribution in [2.24, 2.45) is 0 Å². The molecule has 0 aliphatic heterocycles. The lowest BCUT2D eigenvalue weighted by atomic mass is 10.1. The van der Waals surface area contributed by atoms with Crippen molar-refractivity contribution in [2.75, 3.05) is 0 Å². The molecule has 80 valence electrons. The predicted octanol–water partition coefficient (Wildman–Crippen LogP) is 4.97. The second-order valence-corrected chi connectivity index (χ2v) is 4.17. The van der Waals surface area contributed by atoms with Gasteiger partial charge in [0.15, 0.2) is 0 Å². The Morgan fingerprint density at radius 3 is 2.80 bits per heavy atom. The van der Waals surface area contributed by atoms with Gasteiger partial charge in [0.1, 0.15) is 0 Å². The van der Waals surface area contributed by atoms with Crippen LogP contribution in [-0.4, -0.2) is 0 Å². The fourth-order valence-electron chi connectivity index (χ4n) is 1.10. The highest BCUT2D eigenvalue weighted by molar-refractivity contribution is 9.10. The van der Waals surface area contributed by atoms with Crippen LogP contribution in [-0.2, 0) is 6.42 Å². The van der Waals surface area contributed by atoms with Gasteiger partial charge in [0.25, 0.3) is 0 Å². The Morgan fingerprint density at radius 2 is 2.20 bits per heavy atom. The second kappa shape index (κ2) is 6.06. The Morgan fingerprint density at radius 1 is 1.47 bits per heavy atom. The van der Waals surface area contributed by atoms with Gasteiger partial charge >= 0.3 is 6.08 Å². The zero-order valence-corrected chi connectivity index (χ0v) is 10.1. The molecular weight excluding hydrogens is 285 g/mol. The molecule has 0 unspecified atom stereocenters. The van der Waals surface area contributed by atoms with E-state index in [9.17, 15) is 8.78 Å². The van der Waals surface area contributed by atoms with Crippen LogP contribution in [0, 0.1) is 0 Å². The summed E-state index contributed by atoms with van der Waals surface area (Å²) in [5.41, 5.74) is 2.90. The van der Waals surface area contributed by atoms with Crippen LogP contribution in [0.15, 0.2) is 40.6 Å². The Hall–Kier alpha value is -0.630. The van der Waals surface area contributed by atoms with Crippen LogP contribution in [0.5, 0.6) is 0 Å². The summed E-state index contributed by atoms with van der Waals surface area (Å²) in [7, 11) is 0. The van der Waals surface area contributed by atoms with Crippen LogP contribution in [0.4, 0.5) is 8.78 Å². The number of allylic oxidation sites excluding steroid dienone is 1. The minimum Gasteiger partial charge on any atom is -0.164 e. The van der Waals surface area contributed by atoms with Crippen molar-refractivity contribution in [3.05, 3.63) is 51.1 Å².